The van der Waals surface area contributed by atoms with E-state index in [0.717, 1.165) is 41.7 Å². The second kappa shape index (κ2) is 15.0. The molecular formula is C32H35N5O5S2. The number of thiophene rings is 1. The zero-order valence-corrected chi connectivity index (χ0v) is 26.3. The highest BCUT2D eigenvalue weighted by Crippen LogP contribution is 2.39. The molecule has 5 rings (SSSR count). The molecule has 0 saturated heterocycles. The first-order valence-corrected chi connectivity index (χ1v) is 16.3. The van der Waals surface area contributed by atoms with Gasteiger partial charge in [-0.1, -0.05) is 60.3 Å². The van der Waals surface area contributed by atoms with Gasteiger partial charge in [-0.3, -0.25) is 9.59 Å². The predicted molar refractivity (Wildman–Crippen MR) is 170 cm³/mol. The van der Waals surface area contributed by atoms with Crippen LogP contribution in [-0.2, 0) is 40.3 Å². The van der Waals surface area contributed by atoms with Crippen molar-refractivity contribution in [1.29, 1.82) is 0 Å². The van der Waals surface area contributed by atoms with Crippen molar-refractivity contribution in [3.8, 4) is 5.75 Å². The van der Waals surface area contributed by atoms with E-state index in [2.05, 4.69) is 20.8 Å². The average Bonchev–Trinajstić information content (AvgIpc) is 3.60. The summed E-state index contributed by atoms with van der Waals surface area (Å²) in [7, 11) is 0. The lowest BCUT2D eigenvalue weighted by molar-refractivity contribution is -0.123. The van der Waals surface area contributed by atoms with Crippen molar-refractivity contribution in [3.63, 3.8) is 0 Å². The van der Waals surface area contributed by atoms with Crippen molar-refractivity contribution in [2.45, 2.75) is 63.0 Å². The maximum Gasteiger partial charge on any atom is 0.341 e. The lowest BCUT2D eigenvalue weighted by Crippen LogP contribution is -2.29. The monoisotopic (exact) mass is 633 g/mol. The van der Waals surface area contributed by atoms with Gasteiger partial charge < -0.3 is 24.7 Å². The predicted octanol–water partition coefficient (Wildman–Crippen LogP) is 5.26. The molecule has 2 aromatic heterocycles. The molecule has 2 aromatic carbocycles. The molecule has 44 heavy (non-hydrogen) atoms. The Morgan fingerprint density at radius 3 is 2.50 bits per heavy atom. The van der Waals surface area contributed by atoms with E-state index in [4.69, 9.17) is 9.47 Å². The van der Waals surface area contributed by atoms with E-state index in [1.807, 2.05) is 53.1 Å². The van der Waals surface area contributed by atoms with E-state index in [0.29, 0.717) is 33.8 Å². The number of hydrogen-bond acceptors (Lipinski definition) is 9. The molecule has 0 saturated carbocycles. The van der Waals surface area contributed by atoms with Crippen LogP contribution < -0.4 is 15.4 Å². The Kier molecular flexibility index (Phi) is 10.7. The number of rotatable bonds is 13. The minimum Gasteiger partial charge on any atom is -0.484 e. The molecule has 4 aromatic rings. The van der Waals surface area contributed by atoms with Crippen LogP contribution in [0.2, 0.25) is 0 Å². The van der Waals surface area contributed by atoms with E-state index >= 15 is 0 Å². The summed E-state index contributed by atoms with van der Waals surface area (Å²) in [6.45, 7) is 4.31. The van der Waals surface area contributed by atoms with E-state index in [-0.39, 0.29) is 31.6 Å². The molecule has 0 aliphatic heterocycles. The zero-order valence-electron chi connectivity index (χ0n) is 24.7. The summed E-state index contributed by atoms with van der Waals surface area (Å²) in [4.78, 5) is 39.9. The molecule has 0 radical (unpaired) electrons. The van der Waals surface area contributed by atoms with Crippen LogP contribution in [0.1, 0.15) is 58.9 Å². The summed E-state index contributed by atoms with van der Waals surface area (Å²) in [5, 5.41) is 15.1. The number of amides is 2. The molecule has 2 amide bonds. The third-order valence-corrected chi connectivity index (χ3v) is 9.36. The van der Waals surface area contributed by atoms with Crippen LogP contribution >= 0.6 is 23.1 Å². The van der Waals surface area contributed by atoms with E-state index in [1.165, 1.54) is 23.1 Å². The Morgan fingerprint density at radius 1 is 1.02 bits per heavy atom. The molecule has 0 spiro atoms. The molecular weight excluding hydrogens is 599 g/mol. The molecule has 1 atom stereocenters. The maximum absolute atomic E-state index is 13.4. The Morgan fingerprint density at radius 2 is 1.75 bits per heavy atom. The lowest BCUT2D eigenvalue weighted by atomic mass is 9.95. The molecule has 0 bridgehead atoms. The van der Waals surface area contributed by atoms with Crippen molar-refractivity contribution in [1.82, 2.24) is 20.1 Å². The van der Waals surface area contributed by atoms with Gasteiger partial charge in [-0.15, -0.1) is 21.5 Å². The van der Waals surface area contributed by atoms with Gasteiger partial charge in [-0.25, -0.2) is 4.79 Å². The standard InChI is InChI=1S/C32H35N5O5S2/c1-3-41-31(40)28-24-16-10-11-17-25(24)44-30(28)34-29(39)21(2)43-32-36-35-26(37(32)19-22-12-6-4-7-13-22)18-33-27(38)20-42-23-14-8-5-9-15-23/h4-9,12-15,21H,3,10-11,16-20H2,1-2H3,(H,33,38)(H,34,39)/t21-/m0/s1. The van der Waals surface area contributed by atoms with E-state index in [9.17, 15) is 14.4 Å². The summed E-state index contributed by atoms with van der Waals surface area (Å²) in [6.07, 6.45) is 3.78. The van der Waals surface area contributed by atoms with Crippen LogP contribution in [0.25, 0.3) is 0 Å². The second-order valence-electron chi connectivity index (χ2n) is 10.2. The van der Waals surface area contributed by atoms with Crippen molar-refractivity contribution < 1.29 is 23.9 Å². The summed E-state index contributed by atoms with van der Waals surface area (Å²) in [5.41, 5.74) is 2.51. The zero-order chi connectivity index (χ0) is 30.9. The topological polar surface area (TPSA) is 124 Å². The highest BCUT2D eigenvalue weighted by molar-refractivity contribution is 8.00. The van der Waals surface area contributed by atoms with Gasteiger partial charge in [0.25, 0.3) is 5.91 Å². The first-order chi connectivity index (χ1) is 21.4. The van der Waals surface area contributed by atoms with Crippen LogP contribution in [0, 0.1) is 0 Å². The van der Waals surface area contributed by atoms with Crippen LogP contribution in [0.3, 0.4) is 0 Å². The minimum absolute atomic E-state index is 0.129. The first kappa shape index (κ1) is 31.3. The van der Waals surface area contributed by atoms with Crippen molar-refractivity contribution in [2.75, 3.05) is 18.5 Å². The number of aryl methyl sites for hydroxylation is 1. The van der Waals surface area contributed by atoms with Gasteiger partial charge >= 0.3 is 5.97 Å². The first-order valence-electron chi connectivity index (χ1n) is 14.6. The fraction of sp³-hybridized carbons (Fsp3) is 0.344. The summed E-state index contributed by atoms with van der Waals surface area (Å²) < 4.78 is 12.8. The Hall–Kier alpha value is -4.16. The quantitative estimate of drug-likeness (QED) is 0.151. The summed E-state index contributed by atoms with van der Waals surface area (Å²) >= 11 is 2.73. The van der Waals surface area contributed by atoms with Gasteiger partial charge in [0, 0.05) is 4.88 Å². The van der Waals surface area contributed by atoms with Gasteiger partial charge in [-0.2, -0.15) is 0 Å². The number of nitrogens with one attached hydrogen (secondary N) is 2. The number of hydrogen-bond donors (Lipinski definition) is 2. The molecule has 0 fully saturated rings. The maximum atomic E-state index is 13.4. The molecule has 1 aliphatic carbocycles. The van der Waals surface area contributed by atoms with Gasteiger partial charge in [0.05, 0.1) is 30.5 Å². The second-order valence-corrected chi connectivity index (χ2v) is 12.6. The van der Waals surface area contributed by atoms with Crippen LogP contribution in [0.4, 0.5) is 5.00 Å². The van der Waals surface area contributed by atoms with E-state index < -0.39 is 11.2 Å². The Labute approximate surface area is 264 Å². The third kappa shape index (κ3) is 7.86. The molecule has 230 valence electrons. The number of ether oxygens (including phenoxy) is 2. The Bertz CT molecular complexity index is 1590. The third-order valence-electron chi connectivity index (χ3n) is 7.07. The van der Waals surface area contributed by atoms with Gasteiger partial charge in [0.2, 0.25) is 5.91 Å². The average molecular weight is 634 g/mol. The molecule has 1 aliphatic rings. The largest absolute Gasteiger partial charge is 0.484 e. The van der Waals surface area contributed by atoms with Gasteiger partial charge in [-0.05, 0) is 62.8 Å². The van der Waals surface area contributed by atoms with Crippen molar-refractivity contribution >= 4 is 45.9 Å². The minimum atomic E-state index is -0.551. The van der Waals surface area contributed by atoms with Crippen molar-refractivity contribution in [2.24, 2.45) is 0 Å². The fourth-order valence-electron chi connectivity index (χ4n) is 4.85. The number of carbonyl (C=O) groups is 3. The smallest absolute Gasteiger partial charge is 0.341 e. The molecule has 0 unspecified atom stereocenters. The fourth-order valence-corrected chi connectivity index (χ4v) is 7.00. The number of thioether (sulfide) groups is 1. The summed E-state index contributed by atoms with van der Waals surface area (Å²) in [6, 6.07) is 19.0. The number of nitrogens with zero attached hydrogens (tertiary/aromatic N) is 3. The number of aromatic nitrogens is 3. The highest BCUT2D eigenvalue weighted by Gasteiger charge is 2.29. The number of carbonyl (C=O) groups excluding carboxylic acids is 3. The summed E-state index contributed by atoms with van der Waals surface area (Å²) in [5.74, 6) is 0.221. The van der Waals surface area contributed by atoms with Gasteiger partial charge in [0.1, 0.15) is 10.8 Å². The molecule has 2 N–H and O–H groups in total. The highest BCUT2D eigenvalue weighted by atomic mass is 32.2. The van der Waals surface area contributed by atoms with Gasteiger partial charge in [0.15, 0.2) is 17.6 Å². The number of anilines is 1. The molecule has 2 heterocycles. The number of fused-ring (bicyclic) bond motifs is 1. The van der Waals surface area contributed by atoms with Crippen LogP contribution in [0.15, 0.2) is 65.8 Å². The molecule has 12 heteroatoms. The number of esters is 1. The molecule has 10 nitrogen and oxygen atoms in total. The number of benzene rings is 2. The van der Waals surface area contributed by atoms with Crippen LogP contribution in [-0.4, -0.2) is 51.0 Å². The van der Waals surface area contributed by atoms with Crippen molar-refractivity contribution in [3.05, 3.63) is 88.1 Å². The Balaban J connectivity index is 1.28. The SMILES string of the molecule is CCOC(=O)c1c(NC(=O)[C@H](C)Sc2nnc(CNC(=O)COc3ccccc3)n2Cc2ccccc2)sc2c1CCCC2. The lowest BCUT2D eigenvalue weighted by Gasteiger charge is -2.15. The van der Waals surface area contributed by atoms with E-state index in [1.54, 1.807) is 26.0 Å². The van der Waals surface area contributed by atoms with Crippen LogP contribution in [0.5, 0.6) is 5.75 Å². The number of para-hydroxylation sites is 1. The normalized spacial score (nSPS) is 13.0.